The molecule has 0 spiro atoms. The molecule has 1 aromatic carbocycles. The largest absolute Gasteiger partial charge is 0.344 e. The summed E-state index contributed by atoms with van der Waals surface area (Å²) in [5.74, 6) is -1.56. The molecule has 6 heteroatoms. The molecule has 130 valence electrons. The lowest BCUT2D eigenvalue weighted by Gasteiger charge is -2.12. The molecule has 1 aromatic heterocycles. The fourth-order valence-corrected chi connectivity index (χ4v) is 2.56. The van der Waals surface area contributed by atoms with Crippen molar-refractivity contribution in [3.8, 4) is 5.69 Å². The first-order valence-electron chi connectivity index (χ1n) is 7.92. The molecule has 0 fully saturated rings. The maximum absolute atomic E-state index is 11.6. The fraction of sp³-hybridized carbons (Fsp3) is 0.211. The highest BCUT2D eigenvalue weighted by Crippen LogP contribution is 2.22. The number of hydrazone groups is 1. The maximum Gasteiger partial charge on any atom is 0.329 e. The Kier molecular flexibility index (Phi) is 5.89. The molecular weight excluding hydrogens is 316 g/mol. The number of hydrogen-bond donors (Lipinski definition) is 2. The quantitative estimate of drug-likeness (QED) is 0.379. The van der Waals surface area contributed by atoms with E-state index in [-0.39, 0.29) is 6.54 Å². The number of para-hydroxylation sites is 1. The Labute approximate surface area is 147 Å². The molecule has 0 bridgehead atoms. The summed E-state index contributed by atoms with van der Waals surface area (Å²) in [6.07, 6.45) is 3.03. The lowest BCUT2D eigenvalue weighted by molar-refractivity contribution is -0.139. The summed E-state index contributed by atoms with van der Waals surface area (Å²) in [4.78, 5) is 23.0. The van der Waals surface area contributed by atoms with Crippen molar-refractivity contribution in [2.75, 3.05) is 6.54 Å². The zero-order valence-electron chi connectivity index (χ0n) is 14.7. The van der Waals surface area contributed by atoms with Gasteiger partial charge in [-0.3, -0.25) is 9.59 Å². The number of aryl methyl sites for hydroxylation is 2. The normalized spacial score (nSPS) is 10.7. The minimum absolute atomic E-state index is 0.230. The van der Waals surface area contributed by atoms with Crippen LogP contribution in [0.4, 0.5) is 0 Å². The highest BCUT2D eigenvalue weighted by atomic mass is 16.2. The van der Waals surface area contributed by atoms with Crippen LogP contribution in [0.2, 0.25) is 0 Å². The number of amides is 2. The number of carbonyl (C=O) groups excluding carboxylic acids is 2. The lowest BCUT2D eigenvalue weighted by atomic mass is 10.2. The number of hydrogen-bond acceptors (Lipinski definition) is 3. The highest BCUT2D eigenvalue weighted by Gasteiger charge is 2.12. The van der Waals surface area contributed by atoms with E-state index >= 15 is 0 Å². The van der Waals surface area contributed by atoms with Gasteiger partial charge in [0.1, 0.15) is 0 Å². The topological polar surface area (TPSA) is 75.5 Å². The summed E-state index contributed by atoms with van der Waals surface area (Å²) < 4.78 is 2.13. The summed E-state index contributed by atoms with van der Waals surface area (Å²) in [6.45, 7) is 9.75. The lowest BCUT2D eigenvalue weighted by Crippen LogP contribution is -2.37. The van der Waals surface area contributed by atoms with Crippen LogP contribution in [0.15, 0.2) is 48.1 Å². The van der Waals surface area contributed by atoms with Crippen LogP contribution in [0.5, 0.6) is 0 Å². The van der Waals surface area contributed by atoms with E-state index in [1.165, 1.54) is 17.9 Å². The van der Waals surface area contributed by atoms with Crippen molar-refractivity contribution in [2.45, 2.75) is 20.8 Å². The van der Waals surface area contributed by atoms with E-state index in [0.717, 1.165) is 22.6 Å². The molecule has 0 aliphatic heterocycles. The zero-order chi connectivity index (χ0) is 18.4. The summed E-state index contributed by atoms with van der Waals surface area (Å²) in [5.41, 5.74) is 7.42. The molecule has 2 amide bonds. The standard InChI is InChI=1S/C19H22N4O2/c1-5-10-20-18(24)19(25)22-21-12-16-11-14(3)23(15(16)4)17-9-7-6-8-13(17)2/h5-9,11-12H,1,10H2,2-4H3,(H,20,24)(H,22,25)/b21-12-. The summed E-state index contributed by atoms with van der Waals surface area (Å²) in [5, 5.41) is 6.26. The van der Waals surface area contributed by atoms with E-state index in [9.17, 15) is 9.59 Å². The smallest absolute Gasteiger partial charge is 0.329 e. The van der Waals surface area contributed by atoms with Gasteiger partial charge in [-0.25, -0.2) is 5.43 Å². The van der Waals surface area contributed by atoms with Crippen LogP contribution in [-0.4, -0.2) is 29.1 Å². The van der Waals surface area contributed by atoms with Gasteiger partial charge >= 0.3 is 11.8 Å². The van der Waals surface area contributed by atoms with E-state index in [1.807, 2.05) is 32.0 Å². The minimum atomic E-state index is -0.814. The molecule has 0 atom stereocenters. The Morgan fingerprint density at radius 1 is 1.20 bits per heavy atom. The molecule has 0 saturated carbocycles. The molecule has 0 radical (unpaired) electrons. The molecule has 0 saturated heterocycles. The van der Waals surface area contributed by atoms with Crippen LogP contribution in [0.1, 0.15) is 22.5 Å². The van der Waals surface area contributed by atoms with Crippen molar-refractivity contribution in [2.24, 2.45) is 5.10 Å². The number of carbonyl (C=O) groups is 2. The molecular formula is C19H22N4O2. The first-order chi connectivity index (χ1) is 12.0. The van der Waals surface area contributed by atoms with Gasteiger partial charge in [-0.2, -0.15) is 5.10 Å². The maximum atomic E-state index is 11.6. The molecule has 0 aliphatic rings. The molecule has 1 heterocycles. The predicted molar refractivity (Wildman–Crippen MR) is 98.9 cm³/mol. The van der Waals surface area contributed by atoms with Gasteiger partial charge in [0.2, 0.25) is 0 Å². The molecule has 0 aliphatic carbocycles. The Hall–Kier alpha value is -3.15. The Balaban J connectivity index is 2.15. The van der Waals surface area contributed by atoms with Crippen LogP contribution in [0, 0.1) is 20.8 Å². The third-order valence-corrected chi connectivity index (χ3v) is 3.81. The second-order valence-electron chi connectivity index (χ2n) is 5.65. The molecule has 0 unspecified atom stereocenters. The number of rotatable bonds is 5. The first-order valence-corrected chi connectivity index (χ1v) is 7.92. The van der Waals surface area contributed by atoms with E-state index in [0.29, 0.717) is 0 Å². The zero-order valence-corrected chi connectivity index (χ0v) is 14.7. The van der Waals surface area contributed by atoms with Gasteiger partial charge in [0.15, 0.2) is 0 Å². The summed E-state index contributed by atoms with van der Waals surface area (Å²) >= 11 is 0. The van der Waals surface area contributed by atoms with Crippen LogP contribution >= 0.6 is 0 Å². The van der Waals surface area contributed by atoms with Crippen molar-refractivity contribution in [1.29, 1.82) is 0 Å². The predicted octanol–water partition coefficient (Wildman–Crippen LogP) is 2.15. The summed E-state index contributed by atoms with van der Waals surface area (Å²) in [6, 6.07) is 10.1. The highest BCUT2D eigenvalue weighted by molar-refractivity contribution is 6.35. The van der Waals surface area contributed by atoms with Crippen LogP contribution in [0.25, 0.3) is 5.69 Å². The van der Waals surface area contributed by atoms with Gasteiger partial charge in [0.05, 0.1) is 6.21 Å². The SMILES string of the molecule is C=CCNC(=O)C(=O)N/N=C\c1cc(C)n(-c2ccccc2C)c1C. The van der Waals surface area contributed by atoms with E-state index in [2.05, 4.69) is 46.0 Å². The van der Waals surface area contributed by atoms with Crippen LogP contribution in [-0.2, 0) is 9.59 Å². The van der Waals surface area contributed by atoms with Crippen molar-refractivity contribution in [1.82, 2.24) is 15.3 Å². The minimum Gasteiger partial charge on any atom is -0.344 e. The van der Waals surface area contributed by atoms with Crippen LogP contribution < -0.4 is 10.7 Å². The van der Waals surface area contributed by atoms with Crippen molar-refractivity contribution >= 4 is 18.0 Å². The summed E-state index contributed by atoms with van der Waals surface area (Å²) in [7, 11) is 0. The second kappa shape index (κ2) is 8.10. The average Bonchev–Trinajstić information content (AvgIpc) is 2.87. The fourth-order valence-electron chi connectivity index (χ4n) is 2.56. The molecule has 2 aromatic rings. The van der Waals surface area contributed by atoms with E-state index in [4.69, 9.17) is 0 Å². The number of nitrogens with one attached hydrogen (secondary N) is 2. The second-order valence-corrected chi connectivity index (χ2v) is 5.65. The third kappa shape index (κ3) is 4.23. The Morgan fingerprint density at radius 3 is 2.60 bits per heavy atom. The van der Waals surface area contributed by atoms with Crippen molar-refractivity contribution in [3.05, 3.63) is 65.5 Å². The third-order valence-electron chi connectivity index (χ3n) is 3.81. The van der Waals surface area contributed by atoms with Gasteiger partial charge < -0.3 is 9.88 Å². The Morgan fingerprint density at radius 2 is 1.92 bits per heavy atom. The number of aromatic nitrogens is 1. The van der Waals surface area contributed by atoms with Gasteiger partial charge in [-0.15, -0.1) is 6.58 Å². The van der Waals surface area contributed by atoms with Gasteiger partial charge in [0.25, 0.3) is 0 Å². The average molecular weight is 338 g/mol. The molecule has 25 heavy (non-hydrogen) atoms. The molecule has 2 N–H and O–H groups in total. The van der Waals surface area contributed by atoms with Crippen LogP contribution in [0.3, 0.4) is 0 Å². The monoisotopic (exact) mass is 338 g/mol. The van der Waals surface area contributed by atoms with Crippen molar-refractivity contribution < 1.29 is 9.59 Å². The number of benzene rings is 1. The van der Waals surface area contributed by atoms with E-state index < -0.39 is 11.8 Å². The van der Waals surface area contributed by atoms with Gasteiger partial charge in [-0.05, 0) is 38.5 Å². The van der Waals surface area contributed by atoms with Crippen molar-refractivity contribution in [3.63, 3.8) is 0 Å². The number of nitrogens with zero attached hydrogens (tertiary/aromatic N) is 2. The molecule has 6 nitrogen and oxygen atoms in total. The van der Waals surface area contributed by atoms with Gasteiger partial charge in [-0.1, -0.05) is 24.3 Å². The van der Waals surface area contributed by atoms with E-state index in [1.54, 1.807) is 0 Å². The first kappa shape index (κ1) is 18.2. The Bertz CT molecular complexity index is 834. The van der Waals surface area contributed by atoms with Gasteiger partial charge in [0, 0.05) is 29.2 Å². The molecule has 2 rings (SSSR count).